The Bertz CT molecular complexity index is 422. The van der Waals surface area contributed by atoms with Crippen molar-refractivity contribution in [1.29, 1.82) is 0 Å². The summed E-state index contributed by atoms with van der Waals surface area (Å²) in [6, 6.07) is 4.26. The van der Waals surface area contributed by atoms with Crippen LogP contribution in [0.5, 0.6) is 11.5 Å². The van der Waals surface area contributed by atoms with Gasteiger partial charge in [0.1, 0.15) is 5.57 Å². The topological polar surface area (TPSA) is 76.0 Å². The minimum absolute atomic E-state index is 0.0131. The van der Waals surface area contributed by atoms with Crippen molar-refractivity contribution >= 4 is 11.5 Å². The van der Waals surface area contributed by atoms with Crippen molar-refractivity contribution in [2.45, 2.75) is 0 Å². The summed E-state index contributed by atoms with van der Waals surface area (Å²) in [5, 5.41) is 18.3. The highest BCUT2D eigenvalue weighted by molar-refractivity contribution is 6.15. The SMILES string of the molecule is COC=C(C(=O)O)c1ccc(O)c(OC)c1. The highest BCUT2D eigenvalue weighted by Gasteiger charge is 2.13. The van der Waals surface area contributed by atoms with Gasteiger partial charge in [-0.15, -0.1) is 0 Å². The van der Waals surface area contributed by atoms with Crippen molar-refractivity contribution in [3.05, 3.63) is 30.0 Å². The zero-order valence-corrected chi connectivity index (χ0v) is 8.93. The molecule has 0 aliphatic heterocycles. The van der Waals surface area contributed by atoms with Gasteiger partial charge < -0.3 is 19.7 Å². The van der Waals surface area contributed by atoms with Crippen LogP contribution in [0.4, 0.5) is 0 Å². The lowest BCUT2D eigenvalue weighted by molar-refractivity contribution is -0.130. The van der Waals surface area contributed by atoms with E-state index in [1.807, 2.05) is 0 Å². The maximum atomic E-state index is 10.9. The van der Waals surface area contributed by atoms with Crippen molar-refractivity contribution in [3.63, 3.8) is 0 Å². The monoisotopic (exact) mass is 224 g/mol. The van der Waals surface area contributed by atoms with Gasteiger partial charge in [0.25, 0.3) is 0 Å². The number of benzene rings is 1. The van der Waals surface area contributed by atoms with E-state index in [2.05, 4.69) is 4.74 Å². The summed E-state index contributed by atoms with van der Waals surface area (Å²) in [6.07, 6.45) is 1.12. The lowest BCUT2D eigenvalue weighted by Crippen LogP contribution is -2.00. The van der Waals surface area contributed by atoms with Gasteiger partial charge in [0, 0.05) is 0 Å². The van der Waals surface area contributed by atoms with Crippen LogP contribution in [0.15, 0.2) is 24.5 Å². The van der Waals surface area contributed by atoms with Crippen LogP contribution in [-0.4, -0.2) is 30.4 Å². The fourth-order valence-corrected chi connectivity index (χ4v) is 1.20. The van der Waals surface area contributed by atoms with Crippen molar-refractivity contribution in [3.8, 4) is 11.5 Å². The van der Waals surface area contributed by atoms with Crippen LogP contribution >= 0.6 is 0 Å². The molecule has 5 nitrogen and oxygen atoms in total. The van der Waals surface area contributed by atoms with Gasteiger partial charge in [-0.2, -0.15) is 0 Å². The fourth-order valence-electron chi connectivity index (χ4n) is 1.20. The maximum Gasteiger partial charge on any atom is 0.339 e. The molecule has 1 rings (SSSR count). The van der Waals surface area contributed by atoms with E-state index in [9.17, 15) is 9.90 Å². The molecule has 0 saturated heterocycles. The molecule has 0 bridgehead atoms. The van der Waals surface area contributed by atoms with Crippen molar-refractivity contribution in [2.24, 2.45) is 0 Å². The number of methoxy groups -OCH3 is 2. The minimum Gasteiger partial charge on any atom is -0.504 e. The van der Waals surface area contributed by atoms with E-state index in [0.29, 0.717) is 5.56 Å². The van der Waals surface area contributed by atoms with E-state index in [4.69, 9.17) is 9.84 Å². The van der Waals surface area contributed by atoms with Crippen LogP contribution < -0.4 is 4.74 Å². The van der Waals surface area contributed by atoms with Gasteiger partial charge >= 0.3 is 5.97 Å². The van der Waals surface area contributed by atoms with Gasteiger partial charge in [0.15, 0.2) is 11.5 Å². The molecule has 0 fully saturated rings. The zero-order chi connectivity index (χ0) is 12.1. The van der Waals surface area contributed by atoms with E-state index >= 15 is 0 Å². The second kappa shape index (κ2) is 5.06. The normalized spacial score (nSPS) is 11.0. The molecule has 0 radical (unpaired) electrons. The Kier molecular flexibility index (Phi) is 3.77. The van der Waals surface area contributed by atoms with Crippen LogP contribution in [0.25, 0.3) is 5.57 Å². The first-order valence-corrected chi connectivity index (χ1v) is 4.43. The predicted octanol–water partition coefficient (Wildman–Crippen LogP) is 1.47. The smallest absolute Gasteiger partial charge is 0.339 e. The first-order valence-electron chi connectivity index (χ1n) is 4.43. The molecule has 0 aliphatic rings. The molecule has 0 unspecified atom stereocenters. The molecule has 0 aromatic heterocycles. The Morgan fingerprint density at radius 2 is 2.06 bits per heavy atom. The number of hydrogen-bond acceptors (Lipinski definition) is 4. The number of phenols is 1. The van der Waals surface area contributed by atoms with E-state index in [-0.39, 0.29) is 17.1 Å². The second-order valence-electron chi connectivity index (χ2n) is 2.96. The van der Waals surface area contributed by atoms with E-state index in [1.54, 1.807) is 0 Å². The average molecular weight is 224 g/mol. The number of carbonyl (C=O) groups is 1. The number of carboxylic acids is 1. The zero-order valence-electron chi connectivity index (χ0n) is 8.93. The summed E-state index contributed by atoms with van der Waals surface area (Å²) >= 11 is 0. The Balaban J connectivity index is 3.21. The molecule has 0 amide bonds. The van der Waals surface area contributed by atoms with Crippen LogP contribution in [0.2, 0.25) is 0 Å². The first-order chi connectivity index (χ1) is 7.60. The largest absolute Gasteiger partial charge is 0.504 e. The summed E-state index contributed by atoms with van der Waals surface area (Å²) in [5.41, 5.74) is 0.379. The van der Waals surface area contributed by atoms with Crippen molar-refractivity contribution in [1.82, 2.24) is 0 Å². The van der Waals surface area contributed by atoms with E-state index in [0.717, 1.165) is 6.26 Å². The van der Waals surface area contributed by atoms with Gasteiger partial charge in [0.2, 0.25) is 0 Å². The lowest BCUT2D eigenvalue weighted by atomic mass is 10.1. The third kappa shape index (κ3) is 2.44. The average Bonchev–Trinajstić information content (AvgIpc) is 2.26. The van der Waals surface area contributed by atoms with Crippen LogP contribution in [0, 0.1) is 0 Å². The highest BCUT2D eigenvalue weighted by Crippen LogP contribution is 2.29. The predicted molar refractivity (Wildman–Crippen MR) is 57.3 cm³/mol. The van der Waals surface area contributed by atoms with Gasteiger partial charge in [-0.05, 0) is 17.7 Å². The molecule has 0 heterocycles. The Labute approximate surface area is 92.5 Å². The number of aromatic hydroxyl groups is 1. The highest BCUT2D eigenvalue weighted by atomic mass is 16.5. The number of rotatable bonds is 4. The number of phenolic OH excluding ortho intramolecular Hbond substituents is 1. The lowest BCUT2D eigenvalue weighted by Gasteiger charge is -2.07. The third-order valence-electron chi connectivity index (χ3n) is 1.96. The van der Waals surface area contributed by atoms with Gasteiger partial charge in [-0.3, -0.25) is 0 Å². The van der Waals surface area contributed by atoms with E-state index in [1.165, 1.54) is 32.4 Å². The fraction of sp³-hybridized carbons (Fsp3) is 0.182. The van der Waals surface area contributed by atoms with Crippen LogP contribution in [-0.2, 0) is 9.53 Å². The molecule has 0 saturated carbocycles. The summed E-state index contributed by atoms with van der Waals surface area (Å²) in [5.74, 6) is -0.955. The van der Waals surface area contributed by atoms with Gasteiger partial charge in [0.05, 0.1) is 20.5 Å². The maximum absolute atomic E-state index is 10.9. The van der Waals surface area contributed by atoms with Crippen LogP contribution in [0.3, 0.4) is 0 Å². The molecule has 2 N–H and O–H groups in total. The van der Waals surface area contributed by atoms with Gasteiger partial charge in [-0.25, -0.2) is 4.79 Å². The molecule has 5 heteroatoms. The van der Waals surface area contributed by atoms with E-state index < -0.39 is 5.97 Å². The van der Waals surface area contributed by atoms with Crippen molar-refractivity contribution in [2.75, 3.05) is 14.2 Å². The Morgan fingerprint density at radius 1 is 1.38 bits per heavy atom. The third-order valence-corrected chi connectivity index (χ3v) is 1.96. The molecular weight excluding hydrogens is 212 g/mol. The molecule has 0 aliphatic carbocycles. The Morgan fingerprint density at radius 3 is 2.56 bits per heavy atom. The molecule has 1 aromatic rings. The second-order valence-corrected chi connectivity index (χ2v) is 2.96. The van der Waals surface area contributed by atoms with Crippen LogP contribution in [0.1, 0.15) is 5.56 Å². The minimum atomic E-state index is -1.12. The molecule has 0 atom stereocenters. The molecule has 1 aromatic carbocycles. The Hall–Kier alpha value is -2.17. The quantitative estimate of drug-likeness (QED) is 0.598. The first kappa shape index (κ1) is 11.9. The molecule has 0 spiro atoms. The summed E-state index contributed by atoms with van der Waals surface area (Å²) < 4.78 is 9.56. The molecular formula is C11H12O5. The number of aliphatic carboxylic acids is 1. The number of ether oxygens (including phenoxy) is 2. The standard InChI is InChI=1S/C11H12O5/c1-15-6-8(11(13)14)7-3-4-9(12)10(5-7)16-2/h3-6,12H,1-2H3,(H,13,14). The summed E-state index contributed by atoms with van der Waals surface area (Å²) in [4.78, 5) is 10.9. The number of carboxylic acid groups (broad SMARTS) is 1. The molecule has 16 heavy (non-hydrogen) atoms. The number of hydrogen-bond donors (Lipinski definition) is 2. The van der Waals surface area contributed by atoms with Gasteiger partial charge in [-0.1, -0.05) is 6.07 Å². The summed E-state index contributed by atoms with van der Waals surface area (Å²) in [7, 11) is 2.75. The summed E-state index contributed by atoms with van der Waals surface area (Å²) in [6.45, 7) is 0. The van der Waals surface area contributed by atoms with Crippen molar-refractivity contribution < 1.29 is 24.5 Å². The molecule has 86 valence electrons.